The summed E-state index contributed by atoms with van der Waals surface area (Å²) in [5, 5.41) is 16.4. The Hall–Kier alpha value is -2.71. The number of benzene rings is 2. The zero-order valence-electron chi connectivity index (χ0n) is 12.4. The molecule has 0 aromatic heterocycles. The van der Waals surface area contributed by atoms with Gasteiger partial charge in [-0.25, -0.2) is 0 Å². The highest BCUT2D eigenvalue weighted by Crippen LogP contribution is 2.17. The number of hydrazone groups is 1. The lowest BCUT2D eigenvalue weighted by atomic mass is 10.1. The number of aryl methyl sites for hydroxylation is 1. The summed E-state index contributed by atoms with van der Waals surface area (Å²) < 4.78 is 0. The van der Waals surface area contributed by atoms with Gasteiger partial charge in [0.25, 0.3) is 0 Å². The van der Waals surface area contributed by atoms with Crippen LogP contribution in [0.2, 0.25) is 0 Å². The first-order valence-electron chi connectivity index (χ1n) is 6.76. The minimum Gasteiger partial charge on any atom is -0.331 e. The fourth-order valence-electron chi connectivity index (χ4n) is 1.85. The summed E-state index contributed by atoms with van der Waals surface area (Å²) in [6, 6.07) is 15.2. The number of nitriles is 1. The summed E-state index contributed by atoms with van der Waals surface area (Å²) in [7, 11) is 0. The number of nitrogens with zero attached hydrogens (tertiary/aromatic N) is 2. The van der Waals surface area contributed by atoms with Crippen molar-refractivity contribution in [3.05, 3.63) is 64.7 Å². The summed E-state index contributed by atoms with van der Waals surface area (Å²) in [5.41, 5.74) is 7.61. The van der Waals surface area contributed by atoms with Crippen LogP contribution in [0.5, 0.6) is 0 Å². The van der Waals surface area contributed by atoms with Crippen molar-refractivity contribution in [3.8, 4) is 6.07 Å². The molecule has 0 bridgehead atoms. The van der Waals surface area contributed by atoms with E-state index in [1.807, 2.05) is 31.2 Å². The maximum Gasteiger partial charge on any atom is 0.191 e. The van der Waals surface area contributed by atoms with Crippen LogP contribution in [0, 0.1) is 25.2 Å². The van der Waals surface area contributed by atoms with E-state index >= 15 is 0 Å². The smallest absolute Gasteiger partial charge is 0.191 e. The first kappa shape index (κ1) is 15.7. The van der Waals surface area contributed by atoms with Gasteiger partial charge < -0.3 is 5.32 Å². The van der Waals surface area contributed by atoms with Crippen LogP contribution in [0.1, 0.15) is 22.3 Å². The summed E-state index contributed by atoms with van der Waals surface area (Å²) in [4.78, 5) is 0. The lowest BCUT2D eigenvalue weighted by Crippen LogP contribution is -2.24. The minimum atomic E-state index is 0.429. The lowest BCUT2D eigenvalue weighted by molar-refractivity contribution is 1.05. The molecule has 0 saturated heterocycles. The van der Waals surface area contributed by atoms with E-state index in [1.54, 1.807) is 18.3 Å². The van der Waals surface area contributed by atoms with Crippen LogP contribution >= 0.6 is 12.2 Å². The molecule has 0 atom stereocenters. The molecule has 0 amide bonds. The third-order valence-corrected chi connectivity index (χ3v) is 3.47. The molecule has 0 aliphatic rings. The van der Waals surface area contributed by atoms with Crippen molar-refractivity contribution in [3.63, 3.8) is 0 Å². The Morgan fingerprint density at radius 3 is 2.59 bits per heavy atom. The van der Waals surface area contributed by atoms with Crippen LogP contribution in [0.25, 0.3) is 0 Å². The van der Waals surface area contributed by atoms with Crippen LogP contribution in [0.15, 0.2) is 47.6 Å². The molecule has 22 heavy (non-hydrogen) atoms. The number of nitrogens with one attached hydrogen (secondary N) is 2. The Kier molecular flexibility index (Phi) is 5.23. The molecule has 110 valence electrons. The van der Waals surface area contributed by atoms with Crippen molar-refractivity contribution >= 4 is 29.2 Å². The monoisotopic (exact) mass is 308 g/mol. The topological polar surface area (TPSA) is 60.2 Å². The number of hydrogen-bond donors (Lipinski definition) is 2. The number of rotatable bonds is 3. The van der Waals surface area contributed by atoms with Crippen LogP contribution in [-0.2, 0) is 0 Å². The van der Waals surface area contributed by atoms with Crippen LogP contribution < -0.4 is 10.7 Å². The molecule has 0 fully saturated rings. The molecule has 0 radical (unpaired) electrons. The summed E-state index contributed by atoms with van der Waals surface area (Å²) >= 11 is 5.21. The molecule has 0 aliphatic heterocycles. The average Bonchev–Trinajstić information content (AvgIpc) is 2.52. The van der Waals surface area contributed by atoms with Gasteiger partial charge in [-0.05, 0) is 61.0 Å². The molecule has 4 nitrogen and oxygen atoms in total. The number of anilines is 1. The van der Waals surface area contributed by atoms with E-state index in [2.05, 4.69) is 34.9 Å². The highest BCUT2D eigenvalue weighted by atomic mass is 32.1. The molecule has 2 aromatic rings. The molecule has 0 heterocycles. The third-order valence-electron chi connectivity index (χ3n) is 3.27. The normalized spacial score (nSPS) is 10.2. The summed E-state index contributed by atoms with van der Waals surface area (Å²) in [6.45, 7) is 4.10. The van der Waals surface area contributed by atoms with Gasteiger partial charge >= 0.3 is 0 Å². The molecular formula is C17H16N4S. The summed E-state index contributed by atoms with van der Waals surface area (Å²) in [6.07, 6.45) is 1.65. The maximum absolute atomic E-state index is 8.74. The second-order valence-corrected chi connectivity index (χ2v) is 5.21. The average molecular weight is 308 g/mol. The number of thiocarbonyl (C=S) groups is 1. The van der Waals surface area contributed by atoms with Crippen molar-refractivity contribution in [2.24, 2.45) is 5.10 Å². The predicted molar refractivity (Wildman–Crippen MR) is 94.0 cm³/mol. The molecule has 2 aromatic carbocycles. The van der Waals surface area contributed by atoms with Gasteiger partial charge in [0.15, 0.2) is 5.11 Å². The number of hydrogen-bond acceptors (Lipinski definition) is 3. The fraction of sp³-hybridized carbons (Fsp3) is 0.118. The first-order valence-corrected chi connectivity index (χ1v) is 7.17. The first-order chi connectivity index (χ1) is 10.6. The van der Waals surface area contributed by atoms with Crippen molar-refractivity contribution < 1.29 is 0 Å². The van der Waals surface area contributed by atoms with Gasteiger partial charge in [0.2, 0.25) is 0 Å². The van der Waals surface area contributed by atoms with E-state index in [0.717, 1.165) is 16.8 Å². The van der Waals surface area contributed by atoms with Crippen molar-refractivity contribution in [2.45, 2.75) is 13.8 Å². The molecule has 2 rings (SSSR count). The van der Waals surface area contributed by atoms with Crippen molar-refractivity contribution in [1.82, 2.24) is 5.43 Å². The standard InChI is InChI=1S/C17H16N4S/c1-12-4-3-5-16(13(12)2)20-17(22)21-19-11-15-8-6-14(10-18)7-9-15/h3-9,11H,1-2H3,(H2,20,21,22)/b19-11-. The SMILES string of the molecule is Cc1cccc(NC(=S)N/N=C\c2ccc(C#N)cc2)c1C. The highest BCUT2D eigenvalue weighted by Gasteiger charge is 2.01. The zero-order chi connectivity index (χ0) is 15.9. The second-order valence-electron chi connectivity index (χ2n) is 4.81. The van der Waals surface area contributed by atoms with Crippen molar-refractivity contribution in [1.29, 1.82) is 5.26 Å². The van der Waals surface area contributed by atoms with Crippen LogP contribution in [0.4, 0.5) is 5.69 Å². The predicted octanol–water partition coefficient (Wildman–Crippen LogP) is 3.50. The van der Waals surface area contributed by atoms with Gasteiger partial charge in [0, 0.05) is 5.69 Å². The Labute approximate surface area is 135 Å². The Morgan fingerprint density at radius 2 is 1.91 bits per heavy atom. The largest absolute Gasteiger partial charge is 0.331 e. The van der Waals surface area contributed by atoms with Gasteiger partial charge in [-0.1, -0.05) is 24.3 Å². The van der Waals surface area contributed by atoms with E-state index in [4.69, 9.17) is 17.5 Å². The maximum atomic E-state index is 8.74. The summed E-state index contributed by atoms with van der Waals surface area (Å²) in [5.74, 6) is 0. The Morgan fingerprint density at radius 1 is 1.18 bits per heavy atom. The Bertz CT molecular complexity index is 742. The zero-order valence-corrected chi connectivity index (χ0v) is 13.2. The molecule has 5 heteroatoms. The fourth-order valence-corrected chi connectivity index (χ4v) is 2.01. The van der Waals surface area contributed by atoms with Gasteiger partial charge in [0.05, 0.1) is 17.8 Å². The molecular weight excluding hydrogens is 292 g/mol. The molecule has 0 spiro atoms. The van der Waals surface area contributed by atoms with Gasteiger partial charge in [-0.3, -0.25) is 5.43 Å². The van der Waals surface area contributed by atoms with Gasteiger partial charge in [-0.15, -0.1) is 0 Å². The van der Waals surface area contributed by atoms with E-state index < -0.39 is 0 Å². The minimum absolute atomic E-state index is 0.429. The van der Waals surface area contributed by atoms with Gasteiger partial charge in [0.1, 0.15) is 0 Å². The Balaban J connectivity index is 1.93. The highest BCUT2D eigenvalue weighted by molar-refractivity contribution is 7.80. The third kappa shape index (κ3) is 4.14. The van der Waals surface area contributed by atoms with E-state index in [9.17, 15) is 0 Å². The van der Waals surface area contributed by atoms with Crippen LogP contribution in [-0.4, -0.2) is 11.3 Å². The van der Waals surface area contributed by atoms with Crippen LogP contribution in [0.3, 0.4) is 0 Å². The second kappa shape index (κ2) is 7.34. The lowest BCUT2D eigenvalue weighted by Gasteiger charge is -2.11. The molecule has 0 unspecified atom stereocenters. The van der Waals surface area contributed by atoms with Crippen molar-refractivity contribution in [2.75, 3.05) is 5.32 Å². The van der Waals surface area contributed by atoms with E-state index in [0.29, 0.717) is 10.7 Å². The quantitative estimate of drug-likeness (QED) is 0.517. The van der Waals surface area contributed by atoms with E-state index in [1.165, 1.54) is 5.56 Å². The van der Waals surface area contributed by atoms with E-state index in [-0.39, 0.29) is 0 Å². The van der Waals surface area contributed by atoms with Gasteiger partial charge in [-0.2, -0.15) is 10.4 Å². The molecule has 0 aliphatic carbocycles. The molecule has 2 N–H and O–H groups in total. The molecule has 0 saturated carbocycles.